The van der Waals surface area contributed by atoms with Gasteiger partial charge in [0.1, 0.15) is 5.82 Å². The van der Waals surface area contributed by atoms with Crippen molar-refractivity contribution in [3.63, 3.8) is 0 Å². The third kappa shape index (κ3) is 2.70. The highest BCUT2D eigenvalue weighted by molar-refractivity contribution is 5.07. The number of hydrogen-bond acceptors (Lipinski definition) is 3. The van der Waals surface area contributed by atoms with Crippen molar-refractivity contribution in [2.24, 2.45) is 0 Å². The van der Waals surface area contributed by atoms with E-state index in [0.29, 0.717) is 5.92 Å². The van der Waals surface area contributed by atoms with E-state index in [2.05, 4.69) is 22.2 Å². The molecule has 88 valence electrons. The number of aryl methyl sites for hydroxylation is 1. The van der Waals surface area contributed by atoms with Gasteiger partial charge in [-0.05, 0) is 25.8 Å². The van der Waals surface area contributed by atoms with Crippen LogP contribution in [0.5, 0.6) is 0 Å². The van der Waals surface area contributed by atoms with Gasteiger partial charge in [-0.15, -0.1) is 0 Å². The number of rotatable bonds is 3. The molecule has 1 aliphatic heterocycles. The van der Waals surface area contributed by atoms with Gasteiger partial charge in [0.05, 0.1) is 0 Å². The minimum Gasteiger partial charge on any atom is -0.316 e. The van der Waals surface area contributed by atoms with E-state index in [1.54, 1.807) is 6.07 Å². The van der Waals surface area contributed by atoms with E-state index in [-0.39, 0.29) is 5.56 Å². The zero-order valence-electron chi connectivity index (χ0n) is 9.75. The van der Waals surface area contributed by atoms with Crippen molar-refractivity contribution >= 4 is 0 Å². The molecule has 0 radical (unpaired) electrons. The van der Waals surface area contributed by atoms with Gasteiger partial charge < -0.3 is 10.3 Å². The largest absolute Gasteiger partial charge is 0.316 e. The summed E-state index contributed by atoms with van der Waals surface area (Å²) in [6.07, 6.45) is 4.19. The number of aromatic amines is 1. The molecule has 2 heterocycles. The molecule has 1 fully saturated rings. The van der Waals surface area contributed by atoms with Crippen LogP contribution in [-0.2, 0) is 6.42 Å². The molecule has 0 saturated carbocycles. The Hall–Kier alpha value is -1.16. The van der Waals surface area contributed by atoms with Crippen molar-refractivity contribution in [1.29, 1.82) is 0 Å². The van der Waals surface area contributed by atoms with E-state index in [4.69, 9.17) is 0 Å². The van der Waals surface area contributed by atoms with Crippen LogP contribution in [0.25, 0.3) is 0 Å². The Bertz CT molecular complexity index is 393. The Morgan fingerprint density at radius 2 is 2.44 bits per heavy atom. The molecule has 4 nitrogen and oxygen atoms in total. The average molecular weight is 221 g/mol. The summed E-state index contributed by atoms with van der Waals surface area (Å²) in [7, 11) is 0. The summed E-state index contributed by atoms with van der Waals surface area (Å²) in [6.45, 7) is 4.11. The maximum atomic E-state index is 11.5. The van der Waals surface area contributed by atoms with E-state index >= 15 is 0 Å². The Morgan fingerprint density at radius 1 is 1.56 bits per heavy atom. The molecule has 1 unspecified atom stereocenters. The fourth-order valence-electron chi connectivity index (χ4n) is 2.19. The van der Waals surface area contributed by atoms with Gasteiger partial charge in [-0.2, -0.15) is 0 Å². The molecule has 1 atom stereocenters. The Kier molecular flexibility index (Phi) is 3.72. The van der Waals surface area contributed by atoms with Gasteiger partial charge in [-0.3, -0.25) is 4.79 Å². The second-order valence-electron chi connectivity index (χ2n) is 4.42. The molecule has 0 aliphatic carbocycles. The lowest BCUT2D eigenvalue weighted by molar-refractivity contribution is 0.444. The number of nitrogens with one attached hydrogen (secondary N) is 2. The SMILES string of the molecule is CCCc1cc(=O)[nH]c(C2CCCNC2)n1. The smallest absolute Gasteiger partial charge is 0.251 e. The summed E-state index contributed by atoms with van der Waals surface area (Å²) in [5.74, 6) is 1.24. The molecule has 2 rings (SSSR count). The molecule has 0 amide bonds. The quantitative estimate of drug-likeness (QED) is 0.806. The van der Waals surface area contributed by atoms with Crippen molar-refractivity contribution in [2.75, 3.05) is 13.1 Å². The first-order valence-electron chi connectivity index (χ1n) is 6.10. The highest BCUT2D eigenvalue weighted by Gasteiger charge is 2.17. The number of hydrogen-bond donors (Lipinski definition) is 2. The molecular formula is C12H19N3O. The minimum atomic E-state index is -0.0148. The van der Waals surface area contributed by atoms with Gasteiger partial charge in [0, 0.05) is 24.2 Å². The molecule has 16 heavy (non-hydrogen) atoms. The van der Waals surface area contributed by atoms with Crippen molar-refractivity contribution in [3.8, 4) is 0 Å². The maximum Gasteiger partial charge on any atom is 0.251 e. The monoisotopic (exact) mass is 221 g/mol. The Balaban J connectivity index is 2.21. The number of H-pyrrole nitrogens is 1. The highest BCUT2D eigenvalue weighted by atomic mass is 16.1. The Labute approximate surface area is 95.5 Å². The molecule has 0 aromatic carbocycles. The minimum absolute atomic E-state index is 0.0148. The third-order valence-electron chi connectivity index (χ3n) is 3.00. The van der Waals surface area contributed by atoms with E-state index in [1.807, 2.05) is 0 Å². The topological polar surface area (TPSA) is 57.8 Å². The van der Waals surface area contributed by atoms with Crippen molar-refractivity contribution in [2.45, 2.75) is 38.5 Å². The van der Waals surface area contributed by atoms with E-state index in [9.17, 15) is 4.79 Å². The van der Waals surface area contributed by atoms with Crippen LogP contribution in [0.2, 0.25) is 0 Å². The van der Waals surface area contributed by atoms with Crippen LogP contribution in [0.3, 0.4) is 0 Å². The second kappa shape index (κ2) is 5.25. The molecule has 0 spiro atoms. The summed E-state index contributed by atoms with van der Waals surface area (Å²) in [5.41, 5.74) is 0.908. The number of aromatic nitrogens is 2. The lowest BCUT2D eigenvalue weighted by Gasteiger charge is -2.22. The van der Waals surface area contributed by atoms with E-state index in [1.165, 1.54) is 0 Å². The molecule has 1 saturated heterocycles. The molecule has 1 aromatic rings. The fourth-order valence-corrected chi connectivity index (χ4v) is 2.19. The predicted octanol–water partition coefficient (Wildman–Crippen LogP) is 1.19. The van der Waals surface area contributed by atoms with Crippen molar-refractivity contribution in [1.82, 2.24) is 15.3 Å². The molecule has 0 bridgehead atoms. The molecule has 2 N–H and O–H groups in total. The summed E-state index contributed by atoms with van der Waals surface area (Å²) in [4.78, 5) is 18.9. The van der Waals surface area contributed by atoms with Gasteiger partial charge in [-0.25, -0.2) is 4.98 Å². The lowest BCUT2D eigenvalue weighted by Crippen LogP contribution is -2.30. The summed E-state index contributed by atoms with van der Waals surface area (Å²) >= 11 is 0. The first-order chi connectivity index (χ1) is 7.79. The van der Waals surface area contributed by atoms with Crippen LogP contribution in [0.4, 0.5) is 0 Å². The van der Waals surface area contributed by atoms with Gasteiger partial charge in [-0.1, -0.05) is 13.3 Å². The first-order valence-corrected chi connectivity index (χ1v) is 6.10. The normalized spacial score (nSPS) is 20.9. The maximum absolute atomic E-state index is 11.5. The van der Waals surface area contributed by atoms with Crippen molar-refractivity contribution in [3.05, 3.63) is 27.9 Å². The molecule has 4 heteroatoms. The molecule has 1 aliphatic rings. The third-order valence-corrected chi connectivity index (χ3v) is 3.00. The van der Waals surface area contributed by atoms with Gasteiger partial charge >= 0.3 is 0 Å². The zero-order valence-corrected chi connectivity index (χ0v) is 9.75. The van der Waals surface area contributed by atoms with E-state index < -0.39 is 0 Å². The van der Waals surface area contributed by atoms with Crippen LogP contribution in [0.1, 0.15) is 43.6 Å². The zero-order chi connectivity index (χ0) is 11.4. The summed E-state index contributed by atoms with van der Waals surface area (Å²) < 4.78 is 0. The van der Waals surface area contributed by atoms with Gasteiger partial charge in [0.2, 0.25) is 0 Å². The first kappa shape index (κ1) is 11.3. The highest BCUT2D eigenvalue weighted by Crippen LogP contribution is 2.19. The average Bonchev–Trinajstić information content (AvgIpc) is 2.30. The van der Waals surface area contributed by atoms with E-state index in [0.717, 1.165) is 50.3 Å². The molecule has 1 aromatic heterocycles. The van der Waals surface area contributed by atoms with Crippen LogP contribution in [0, 0.1) is 0 Å². The number of nitrogens with zero attached hydrogens (tertiary/aromatic N) is 1. The lowest BCUT2D eigenvalue weighted by atomic mass is 9.99. The standard InChI is InChI=1S/C12H19N3O/c1-2-4-10-7-11(16)15-12(14-10)9-5-3-6-13-8-9/h7,9,13H,2-6,8H2,1H3,(H,14,15,16). The summed E-state index contributed by atoms with van der Waals surface area (Å²) in [6, 6.07) is 1.61. The van der Waals surface area contributed by atoms with Crippen molar-refractivity contribution < 1.29 is 0 Å². The predicted molar refractivity (Wildman–Crippen MR) is 63.7 cm³/mol. The number of piperidine rings is 1. The van der Waals surface area contributed by atoms with Gasteiger partial charge in [0.25, 0.3) is 5.56 Å². The summed E-state index contributed by atoms with van der Waals surface area (Å²) in [5, 5.41) is 3.34. The van der Waals surface area contributed by atoms with Crippen LogP contribution in [0.15, 0.2) is 10.9 Å². The van der Waals surface area contributed by atoms with Crippen LogP contribution < -0.4 is 10.9 Å². The van der Waals surface area contributed by atoms with Gasteiger partial charge in [0.15, 0.2) is 0 Å². The molecular weight excluding hydrogens is 202 g/mol. The van der Waals surface area contributed by atoms with Crippen LogP contribution >= 0.6 is 0 Å². The fraction of sp³-hybridized carbons (Fsp3) is 0.667. The Morgan fingerprint density at radius 3 is 3.12 bits per heavy atom. The van der Waals surface area contributed by atoms with Crippen LogP contribution in [-0.4, -0.2) is 23.1 Å². The second-order valence-corrected chi connectivity index (χ2v) is 4.42.